The second-order valence-corrected chi connectivity index (χ2v) is 6.63. The Hall–Kier alpha value is -0.340. The summed E-state index contributed by atoms with van der Waals surface area (Å²) in [5, 5.41) is 3.74. The summed E-state index contributed by atoms with van der Waals surface area (Å²) in [7, 11) is 0. The van der Waals surface area contributed by atoms with Gasteiger partial charge < -0.3 is 5.32 Å². The van der Waals surface area contributed by atoms with Crippen LogP contribution in [0.25, 0.3) is 0 Å². The molecule has 1 saturated carbocycles. The Labute approximate surface area is 119 Å². The third kappa shape index (κ3) is 3.36. The van der Waals surface area contributed by atoms with Gasteiger partial charge in [-0.05, 0) is 49.3 Å². The van der Waals surface area contributed by atoms with Crippen LogP contribution in [-0.4, -0.2) is 6.54 Å². The second-order valence-electron chi connectivity index (χ2n) is 5.72. The van der Waals surface area contributed by atoms with Gasteiger partial charge in [0.15, 0.2) is 0 Å². The van der Waals surface area contributed by atoms with Crippen molar-refractivity contribution >= 4 is 15.9 Å². The molecular formula is C16H24BrN. The minimum atomic E-state index is 0.437. The van der Waals surface area contributed by atoms with Crippen LogP contribution in [-0.2, 0) is 0 Å². The molecule has 0 radical (unpaired) electrons. The van der Waals surface area contributed by atoms with Crippen molar-refractivity contribution in [2.45, 2.75) is 52.0 Å². The van der Waals surface area contributed by atoms with Crippen molar-refractivity contribution in [1.29, 1.82) is 0 Å². The highest BCUT2D eigenvalue weighted by atomic mass is 79.9. The van der Waals surface area contributed by atoms with Crippen LogP contribution in [0.4, 0.5) is 0 Å². The van der Waals surface area contributed by atoms with E-state index < -0.39 is 0 Å². The topological polar surface area (TPSA) is 12.0 Å². The van der Waals surface area contributed by atoms with Gasteiger partial charge in [-0.15, -0.1) is 0 Å². The lowest BCUT2D eigenvalue weighted by molar-refractivity contribution is 0.259. The third-order valence-electron chi connectivity index (χ3n) is 4.55. The van der Waals surface area contributed by atoms with Gasteiger partial charge in [-0.25, -0.2) is 0 Å². The van der Waals surface area contributed by atoms with Gasteiger partial charge in [0, 0.05) is 17.1 Å². The van der Waals surface area contributed by atoms with Crippen LogP contribution in [0.5, 0.6) is 0 Å². The van der Waals surface area contributed by atoms with Crippen molar-refractivity contribution in [2.75, 3.05) is 6.54 Å². The molecule has 1 fully saturated rings. The molecule has 2 heteroatoms. The molecule has 1 aliphatic rings. The smallest absolute Gasteiger partial charge is 0.0292 e. The first-order valence-electron chi connectivity index (χ1n) is 7.14. The minimum Gasteiger partial charge on any atom is -0.310 e. The number of benzene rings is 1. The van der Waals surface area contributed by atoms with E-state index in [1.165, 1.54) is 42.1 Å². The largest absolute Gasteiger partial charge is 0.310 e. The first-order valence-corrected chi connectivity index (χ1v) is 7.93. The molecule has 1 N–H and O–H groups in total. The molecule has 2 rings (SSSR count). The zero-order chi connectivity index (χ0) is 13.0. The number of halogens is 1. The van der Waals surface area contributed by atoms with Gasteiger partial charge >= 0.3 is 0 Å². The molecule has 100 valence electrons. The molecule has 1 atom stereocenters. The highest BCUT2D eigenvalue weighted by molar-refractivity contribution is 9.10. The average Bonchev–Trinajstić information content (AvgIpc) is 2.85. The Morgan fingerprint density at radius 2 is 2.06 bits per heavy atom. The lowest BCUT2D eigenvalue weighted by Crippen LogP contribution is -2.33. The Morgan fingerprint density at radius 3 is 2.67 bits per heavy atom. The van der Waals surface area contributed by atoms with E-state index in [-0.39, 0.29) is 0 Å². The summed E-state index contributed by atoms with van der Waals surface area (Å²) in [5.74, 6) is 0. The summed E-state index contributed by atoms with van der Waals surface area (Å²) in [6, 6.07) is 9.05. The fourth-order valence-electron chi connectivity index (χ4n) is 3.04. The van der Waals surface area contributed by atoms with Crippen molar-refractivity contribution < 1.29 is 0 Å². The predicted octanol–water partition coefficient (Wildman–Crippen LogP) is 5.07. The van der Waals surface area contributed by atoms with Crippen LogP contribution >= 0.6 is 15.9 Å². The Morgan fingerprint density at radius 1 is 1.33 bits per heavy atom. The maximum Gasteiger partial charge on any atom is 0.0292 e. The molecule has 1 nitrogen and oxygen atoms in total. The monoisotopic (exact) mass is 309 g/mol. The van der Waals surface area contributed by atoms with Crippen LogP contribution in [0.3, 0.4) is 0 Å². The maximum atomic E-state index is 3.74. The predicted molar refractivity (Wildman–Crippen MR) is 81.8 cm³/mol. The SMILES string of the molecule is CCC1(CNC(C)c2cccc(Br)c2)CCCC1. The zero-order valence-corrected chi connectivity index (χ0v) is 13.1. The van der Waals surface area contributed by atoms with Gasteiger partial charge in [-0.2, -0.15) is 0 Å². The van der Waals surface area contributed by atoms with Gasteiger partial charge in [0.25, 0.3) is 0 Å². The summed E-state index contributed by atoms with van der Waals surface area (Å²) >= 11 is 3.54. The van der Waals surface area contributed by atoms with Crippen LogP contribution < -0.4 is 5.32 Å². The molecule has 0 spiro atoms. The van der Waals surface area contributed by atoms with E-state index in [0.717, 1.165) is 6.54 Å². The van der Waals surface area contributed by atoms with Gasteiger partial charge in [0.05, 0.1) is 0 Å². The van der Waals surface area contributed by atoms with E-state index in [9.17, 15) is 0 Å². The van der Waals surface area contributed by atoms with Gasteiger partial charge in [-0.1, -0.05) is 47.8 Å². The molecular weight excluding hydrogens is 286 g/mol. The molecule has 0 aromatic heterocycles. The summed E-state index contributed by atoms with van der Waals surface area (Å²) < 4.78 is 1.17. The Balaban J connectivity index is 1.93. The number of rotatable bonds is 5. The molecule has 1 aliphatic carbocycles. The summed E-state index contributed by atoms with van der Waals surface area (Å²) in [6.45, 7) is 5.77. The van der Waals surface area contributed by atoms with Crippen molar-refractivity contribution in [3.63, 3.8) is 0 Å². The molecule has 1 aromatic carbocycles. The van der Waals surface area contributed by atoms with Crippen molar-refractivity contribution in [3.05, 3.63) is 34.3 Å². The highest BCUT2D eigenvalue weighted by Gasteiger charge is 2.31. The molecule has 0 saturated heterocycles. The van der Waals surface area contributed by atoms with E-state index in [1.54, 1.807) is 0 Å². The first kappa shape index (κ1) is 14.1. The normalized spacial score (nSPS) is 19.9. The number of nitrogens with one attached hydrogen (secondary N) is 1. The second kappa shape index (κ2) is 6.21. The van der Waals surface area contributed by atoms with Gasteiger partial charge in [-0.3, -0.25) is 0 Å². The van der Waals surface area contributed by atoms with Gasteiger partial charge in [0.1, 0.15) is 0 Å². The number of hydrogen-bond donors (Lipinski definition) is 1. The van der Waals surface area contributed by atoms with Crippen molar-refractivity contribution in [2.24, 2.45) is 5.41 Å². The number of hydrogen-bond acceptors (Lipinski definition) is 1. The Kier molecular flexibility index (Phi) is 4.85. The fraction of sp³-hybridized carbons (Fsp3) is 0.625. The van der Waals surface area contributed by atoms with Crippen molar-refractivity contribution in [3.8, 4) is 0 Å². The highest BCUT2D eigenvalue weighted by Crippen LogP contribution is 2.40. The fourth-order valence-corrected chi connectivity index (χ4v) is 3.46. The summed E-state index contributed by atoms with van der Waals surface area (Å²) in [6.07, 6.45) is 6.95. The molecule has 0 aliphatic heterocycles. The molecule has 0 heterocycles. The molecule has 1 unspecified atom stereocenters. The zero-order valence-electron chi connectivity index (χ0n) is 11.5. The van der Waals surface area contributed by atoms with E-state index >= 15 is 0 Å². The standard InChI is InChI=1S/C16H24BrN/c1-3-16(9-4-5-10-16)12-18-13(2)14-7-6-8-15(17)11-14/h6-8,11,13,18H,3-5,9-10,12H2,1-2H3. The van der Waals surface area contributed by atoms with Gasteiger partial charge in [0.2, 0.25) is 0 Å². The summed E-state index contributed by atoms with van der Waals surface area (Å²) in [5.41, 5.74) is 1.94. The molecule has 18 heavy (non-hydrogen) atoms. The van der Waals surface area contributed by atoms with Crippen LogP contribution in [0.2, 0.25) is 0 Å². The first-order chi connectivity index (χ1) is 8.65. The third-order valence-corrected chi connectivity index (χ3v) is 5.04. The van der Waals surface area contributed by atoms with Crippen LogP contribution in [0, 0.1) is 5.41 Å². The maximum absolute atomic E-state index is 3.74. The summed E-state index contributed by atoms with van der Waals surface area (Å²) in [4.78, 5) is 0. The van der Waals surface area contributed by atoms with E-state index in [1.807, 2.05) is 0 Å². The molecule has 0 bridgehead atoms. The molecule has 1 aromatic rings. The lowest BCUT2D eigenvalue weighted by atomic mass is 9.83. The van der Waals surface area contributed by atoms with Crippen LogP contribution in [0.15, 0.2) is 28.7 Å². The van der Waals surface area contributed by atoms with Crippen molar-refractivity contribution in [1.82, 2.24) is 5.32 Å². The van der Waals surface area contributed by atoms with Crippen LogP contribution in [0.1, 0.15) is 57.6 Å². The Bertz CT molecular complexity index is 382. The minimum absolute atomic E-state index is 0.437. The quantitative estimate of drug-likeness (QED) is 0.800. The average molecular weight is 310 g/mol. The van der Waals surface area contributed by atoms with E-state index in [0.29, 0.717) is 11.5 Å². The van der Waals surface area contributed by atoms with E-state index in [4.69, 9.17) is 0 Å². The molecule has 0 amide bonds. The lowest BCUT2D eigenvalue weighted by Gasteiger charge is -2.30. The van der Waals surface area contributed by atoms with E-state index in [2.05, 4.69) is 59.4 Å².